The maximum Gasteiger partial charge on any atom is 0.215 e. The van der Waals surface area contributed by atoms with E-state index in [9.17, 15) is 0 Å². The molecule has 2 rings (SSSR count). The minimum absolute atomic E-state index is 0.584. The standard InChI is InChI=1S/C12H20N4OS/c1-17-11-3-2-10(13)12(15-11)14-4-5-16-6-8-18-9-7-16/h2-3H,4-9,13H2,1H3,(H,14,15). The van der Waals surface area contributed by atoms with E-state index < -0.39 is 0 Å². The van der Waals surface area contributed by atoms with Crippen LogP contribution < -0.4 is 15.8 Å². The van der Waals surface area contributed by atoms with Crippen LogP contribution in [-0.4, -0.2) is 54.7 Å². The zero-order valence-corrected chi connectivity index (χ0v) is 11.5. The third-order valence-corrected chi connectivity index (χ3v) is 3.88. The summed E-state index contributed by atoms with van der Waals surface area (Å²) in [5, 5.41) is 3.27. The molecule has 0 spiro atoms. The molecule has 0 aromatic carbocycles. The van der Waals surface area contributed by atoms with E-state index in [-0.39, 0.29) is 0 Å². The second kappa shape index (κ2) is 6.70. The van der Waals surface area contributed by atoms with Crippen molar-refractivity contribution in [1.82, 2.24) is 9.88 Å². The van der Waals surface area contributed by atoms with Gasteiger partial charge in [-0.05, 0) is 6.07 Å². The fourth-order valence-corrected chi connectivity index (χ4v) is 2.84. The SMILES string of the molecule is COc1ccc(N)c(NCCN2CCSCC2)n1. The molecular formula is C12H20N4OS. The fraction of sp³-hybridized carbons (Fsp3) is 0.583. The van der Waals surface area contributed by atoms with Crippen molar-refractivity contribution in [2.24, 2.45) is 0 Å². The van der Waals surface area contributed by atoms with Crippen molar-refractivity contribution < 1.29 is 4.74 Å². The Kier molecular flexibility index (Phi) is 4.95. The Balaban J connectivity index is 1.81. The van der Waals surface area contributed by atoms with Crippen molar-refractivity contribution >= 4 is 23.3 Å². The largest absolute Gasteiger partial charge is 0.481 e. The molecule has 0 amide bonds. The van der Waals surface area contributed by atoms with E-state index in [4.69, 9.17) is 10.5 Å². The molecule has 18 heavy (non-hydrogen) atoms. The van der Waals surface area contributed by atoms with Gasteiger partial charge < -0.3 is 15.8 Å². The Bertz CT molecular complexity index is 382. The summed E-state index contributed by atoms with van der Waals surface area (Å²) in [6.45, 7) is 4.23. The number of nitrogens with one attached hydrogen (secondary N) is 1. The maximum absolute atomic E-state index is 5.87. The van der Waals surface area contributed by atoms with Gasteiger partial charge in [-0.2, -0.15) is 16.7 Å². The third-order valence-electron chi connectivity index (χ3n) is 2.93. The Labute approximate surface area is 112 Å². The Morgan fingerprint density at radius 1 is 1.44 bits per heavy atom. The molecule has 0 aliphatic carbocycles. The number of pyridine rings is 1. The van der Waals surface area contributed by atoms with Gasteiger partial charge in [0.05, 0.1) is 12.8 Å². The van der Waals surface area contributed by atoms with Crippen molar-refractivity contribution in [2.45, 2.75) is 0 Å². The topological polar surface area (TPSA) is 63.4 Å². The summed E-state index contributed by atoms with van der Waals surface area (Å²) in [6.07, 6.45) is 0. The van der Waals surface area contributed by atoms with E-state index in [2.05, 4.69) is 15.2 Å². The van der Waals surface area contributed by atoms with Gasteiger partial charge in [0.1, 0.15) is 0 Å². The predicted molar refractivity (Wildman–Crippen MR) is 77.5 cm³/mol. The summed E-state index contributed by atoms with van der Waals surface area (Å²) in [5.41, 5.74) is 6.52. The second-order valence-corrected chi connectivity index (χ2v) is 5.40. The lowest BCUT2D eigenvalue weighted by Gasteiger charge is -2.26. The normalized spacial score (nSPS) is 16.5. The first-order valence-electron chi connectivity index (χ1n) is 6.14. The van der Waals surface area contributed by atoms with Gasteiger partial charge in [0.25, 0.3) is 0 Å². The van der Waals surface area contributed by atoms with Gasteiger partial charge in [0.2, 0.25) is 5.88 Å². The lowest BCUT2D eigenvalue weighted by atomic mass is 10.3. The van der Waals surface area contributed by atoms with Gasteiger partial charge in [-0.25, -0.2) is 0 Å². The van der Waals surface area contributed by atoms with Crippen molar-refractivity contribution in [3.8, 4) is 5.88 Å². The quantitative estimate of drug-likeness (QED) is 0.835. The molecule has 0 bridgehead atoms. The van der Waals surface area contributed by atoms with E-state index in [1.54, 1.807) is 13.2 Å². The van der Waals surface area contributed by atoms with Crippen LogP contribution in [0.2, 0.25) is 0 Å². The van der Waals surface area contributed by atoms with Crippen LogP contribution in [0.1, 0.15) is 0 Å². The van der Waals surface area contributed by atoms with Crippen LogP contribution in [0.4, 0.5) is 11.5 Å². The maximum atomic E-state index is 5.87. The number of methoxy groups -OCH3 is 1. The van der Waals surface area contributed by atoms with Crippen molar-refractivity contribution in [1.29, 1.82) is 0 Å². The van der Waals surface area contributed by atoms with Crippen LogP contribution in [0.3, 0.4) is 0 Å². The molecule has 1 aromatic rings. The number of hydrogen-bond acceptors (Lipinski definition) is 6. The summed E-state index contributed by atoms with van der Waals surface area (Å²) in [4.78, 5) is 6.75. The molecule has 3 N–H and O–H groups in total. The average Bonchev–Trinajstić information content (AvgIpc) is 2.42. The smallest absolute Gasteiger partial charge is 0.215 e. The zero-order valence-electron chi connectivity index (χ0n) is 10.7. The first-order chi connectivity index (χ1) is 8.79. The van der Waals surface area contributed by atoms with Gasteiger partial charge in [0, 0.05) is 43.8 Å². The van der Waals surface area contributed by atoms with Gasteiger partial charge in [-0.3, -0.25) is 4.90 Å². The van der Waals surface area contributed by atoms with Crippen molar-refractivity contribution in [3.63, 3.8) is 0 Å². The fourth-order valence-electron chi connectivity index (χ4n) is 1.86. The molecule has 2 heterocycles. The number of thioether (sulfide) groups is 1. The van der Waals surface area contributed by atoms with Gasteiger partial charge in [0.15, 0.2) is 5.82 Å². The molecule has 0 radical (unpaired) electrons. The van der Waals surface area contributed by atoms with Crippen LogP contribution in [0, 0.1) is 0 Å². The number of nitrogens with two attached hydrogens (primary N) is 1. The van der Waals surface area contributed by atoms with Crippen LogP contribution in [0.5, 0.6) is 5.88 Å². The number of hydrogen-bond donors (Lipinski definition) is 2. The van der Waals surface area contributed by atoms with Crippen molar-refractivity contribution in [3.05, 3.63) is 12.1 Å². The molecule has 1 aromatic heterocycles. The van der Waals surface area contributed by atoms with E-state index >= 15 is 0 Å². The highest BCUT2D eigenvalue weighted by Gasteiger charge is 2.10. The number of rotatable bonds is 5. The molecule has 6 heteroatoms. The Hall–Kier alpha value is -1.14. The minimum atomic E-state index is 0.584. The summed E-state index contributed by atoms with van der Waals surface area (Å²) in [5.74, 6) is 3.76. The molecule has 100 valence electrons. The highest BCUT2D eigenvalue weighted by molar-refractivity contribution is 7.99. The molecule has 1 aliphatic rings. The monoisotopic (exact) mass is 268 g/mol. The zero-order chi connectivity index (χ0) is 12.8. The number of anilines is 2. The Morgan fingerprint density at radius 3 is 2.94 bits per heavy atom. The molecule has 1 fully saturated rings. The van der Waals surface area contributed by atoms with Crippen LogP contribution >= 0.6 is 11.8 Å². The molecular weight excluding hydrogens is 248 g/mol. The molecule has 1 aliphatic heterocycles. The van der Waals surface area contributed by atoms with Crippen LogP contribution in [0.25, 0.3) is 0 Å². The van der Waals surface area contributed by atoms with E-state index in [1.165, 1.54) is 24.6 Å². The highest BCUT2D eigenvalue weighted by Crippen LogP contribution is 2.19. The van der Waals surface area contributed by atoms with E-state index in [0.29, 0.717) is 17.4 Å². The molecule has 5 nitrogen and oxygen atoms in total. The third kappa shape index (κ3) is 3.68. The Morgan fingerprint density at radius 2 is 2.22 bits per heavy atom. The lowest BCUT2D eigenvalue weighted by molar-refractivity contribution is 0.314. The van der Waals surface area contributed by atoms with E-state index in [1.807, 2.05) is 17.8 Å². The van der Waals surface area contributed by atoms with Crippen molar-refractivity contribution in [2.75, 3.05) is 55.8 Å². The number of nitrogen functional groups attached to an aromatic ring is 1. The van der Waals surface area contributed by atoms with E-state index in [0.717, 1.165) is 13.1 Å². The second-order valence-electron chi connectivity index (χ2n) is 4.17. The summed E-state index contributed by atoms with van der Waals surface area (Å²) < 4.78 is 5.09. The summed E-state index contributed by atoms with van der Waals surface area (Å²) >= 11 is 2.02. The summed E-state index contributed by atoms with van der Waals surface area (Å²) in [7, 11) is 1.60. The van der Waals surface area contributed by atoms with Crippen LogP contribution in [0.15, 0.2) is 12.1 Å². The first kappa shape index (κ1) is 13.3. The first-order valence-corrected chi connectivity index (χ1v) is 7.29. The van der Waals surface area contributed by atoms with Gasteiger partial charge in [-0.15, -0.1) is 0 Å². The summed E-state index contributed by atoms with van der Waals surface area (Å²) in [6, 6.07) is 3.58. The number of aromatic nitrogens is 1. The number of nitrogens with zero attached hydrogens (tertiary/aromatic N) is 2. The van der Waals surface area contributed by atoms with Gasteiger partial charge >= 0.3 is 0 Å². The minimum Gasteiger partial charge on any atom is -0.481 e. The van der Waals surface area contributed by atoms with Gasteiger partial charge in [-0.1, -0.05) is 0 Å². The highest BCUT2D eigenvalue weighted by atomic mass is 32.2. The number of ether oxygens (including phenoxy) is 1. The molecule has 0 atom stereocenters. The lowest BCUT2D eigenvalue weighted by Crippen LogP contribution is -2.36. The molecule has 0 saturated carbocycles. The molecule has 1 saturated heterocycles. The predicted octanol–water partition coefficient (Wildman–Crippen LogP) is 1.13. The molecule has 0 unspecified atom stereocenters. The average molecular weight is 268 g/mol. The van der Waals surface area contributed by atoms with Crippen LogP contribution in [-0.2, 0) is 0 Å².